The molecule has 0 saturated heterocycles. The fourth-order valence-corrected chi connectivity index (χ4v) is 1.55. The van der Waals surface area contributed by atoms with Gasteiger partial charge in [0.15, 0.2) is 0 Å². The lowest BCUT2D eigenvalue weighted by Crippen LogP contribution is -2.09. The van der Waals surface area contributed by atoms with Crippen molar-refractivity contribution in [1.82, 2.24) is 0 Å². The summed E-state index contributed by atoms with van der Waals surface area (Å²) in [6.07, 6.45) is 1.83. The van der Waals surface area contributed by atoms with Gasteiger partial charge in [-0.1, -0.05) is 56.1 Å². The van der Waals surface area contributed by atoms with Crippen LogP contribution in [-0.2, 0) is 9.59 Å². The molecule has 0 unspecified atom stereocenters. The van der Waals surface area contributed by atoms with E-state index in [0.717, 1.165) is 0 Å². The Morgan fingerprint density at radius 1 is 0.769 bits per heavy atom. The van der Waals surface area contributed by atoms with E-state index in [0.29, 0.717) is 22.6 Å². The van der Waals surface area contributed by atoms with Crippen molar-refractivity contribution in [2.75, 3.05) is 0 Å². The fourth-order valence-electron chi connectivity index (χ4n) is 1.55. The van der Waals surface area contributed by atoms with Crippen molar-refractivity contribution in [2.45, 2.75) is 13.8 Å². The van der Waals surface area contributed by atoms with Crippen molar-refractivity contribution in [3.05, 3.63) is 91.0 Å². The van der Waals surface area contributed by atoms with Crippen molar-refractivity contribution in [3.63, 3.8) is 0 Å². The fraction of sp³-hybridized carbons (Fsp3) is 0.0909. The average molecular weight is 350 g/mol. The SMILES string of the molecule is C=C(C)C(=O)Oc1ccc(OC(=O)C(=C)C)cc1.C=Cc1ccccc1. The Balaban J connectivity index is 0.000000350. The van der Waals surface area contributed by atoms with Crippen molar-refractivity contribution in [1.29, 1.82) is 0 Å². The molecule has 0 heterocycles. The topological polar surface area (TPSA) is 52.6 Å². The average Bonchev–Trinajstić information content (AvgIpc) is 2.64. The lowest BCUT2D eigenvalue weighted by Gasteiger charge is -2.06. The van der Waals surface area contributed by atoms with E-state index in [9.17, 15) is 9.59 Å². The predicted molar refractivity (Wildman–Crippen MR) is 104 cm³/mol. The van der Waals surface area contributed by atoms with Gasteiger partial charge in [-0.25, -0.2) is 9.59 Å². The minimum Gasteiger partial charge on any atom is -0.423 e. The molecule has 0 atom stereocenters. The van der Waals surface area contributed by atoms with E-state index < -0.39 is 11.9 Å². The second kappa shape index (κ2) is 10.5. The Morgan fingerprint density at radius 3 is 1.42 bits per heavy atom. The lowest BCUT2D eigenvalue weighted by molar-refractivity contribution is -0.131. The molecule has 134 valence electrons. The molecule has 26 heavy (non-hydrogen) atoms. The maximum absolute atomic E-state index is 11.2. The van der Waals surface area contributed by atoms with E-state index in [2.05, 4.69) is 19.7 Å². The first-order valence-electron chi connectivity index (χ1n) is 7.86. The zero-order valence-electron chi connectivity index (χ0n) is 15.0. The number of benzene rings is 2. The van der Waals surface area contributed by atoms with Crippen molar-refractivity contribution in [3.8, 4) is 11.5 Å². The molecule has 2 rings (SSSR count). The third-order valence-electron chi connectivity index (χ3n) is 2.98. The van der Waals surface area contributed by atoms with Gasteiger partial charge in [0.25, 0.3) is 0 Å². The molecular weight excluding hydrogens is 328 g/mol. The predicted octanol–water partition coefficient (Wildman–Crippen LogP) is 4.98. The Labute approximate surface area is 154 Å². The molecule has 0 aromatic heterocycles. The summed E-state index contributed by atoms with van der Waals surface area (Å²) >= 11 is 0. The van der Waals surface area contributed by atoms with Crippen molar-refractivity contribution >= 4 is 18.0 Å². The first-order chi connectivity index (χ1) is 12.3. The smallest absolute Gasteiger partial charge is 0.338 e. The molecule has 2 aromatic rings. The van der Waals surface area contributed by atoms with E-state index in [1.165, 1.54) is 29.8 Å². The number of hydrogen-bond acceptors (Lipinski definition) is 4. The van der Waals surface area contributed by atoms with E-state index >= 15 is 0 Å². The molecule has 0 spiro atoms. The van der Waals surface area contributed by atoms with Gasteiger partial charge in [0.2, 0.25) is 0 Å². The van der Waals surface area contributed by atoms with Gasteiger partial charge in [-0.05, 0) is 43.7 Å². The highest BCUT2D eigenvalue weighted by atomic mass is 16.5. The lowest BCUT2D eigenvalue weighted by atomic mass is 10.2. The highest BCUT2D eigenvalue weighted by Crippen LogP contribution is 2.19. The molecule has 0 aliphatic heterocycles. The van der Waals surface area contributed by atoms with Crippen LogP contribution in [0.1, 0.15) is 19.4 Å². The van der Waals surface area contributed by atoms with Crippen LogP contribution in [0.2, 0.25) is 0 Å². The summed E-state index contributed by atoms with van der Waals surface area (Å²) in [5.74, 6) is -0.278. The standard InChI is InChI=1S/C14H14O4.C8H8/c1-9(2)13(15)17-11-5-7-12(8-6-11)18-14(16)10(3)4;1-2-8-6-4-3-5-7-8/h5-8H,1,3H2,2,4H3;2-7H,1H2. The van der Waals surface area contributed by atoms with Crippen LogP contribution in [0.3, 0.4) is 0 Å². The summed E-state index contributed by atoms with van der Waals surface area (Å²) in [7, 11) is 0. The molecule has 2 aromatic carbocycles. The number of esters is 2. The van der Waals surface area contributed by atoms with E-state index in [-0.39, 0.29) is 0 Å². The largest absolute Gasteiger partial charge is 0.423 e. The van der Waals surface area contributed by atoms with Crippen LogP contribution < -0.4 is 9.47 Å². The van der Waals surface area contributed by atoms with E-state index in [1.54, 1.807) is 13.8 Å². The van der Waals surface area contributed by atoms with Gasteiger partial charge in [0, 0.05) is 11.1 Å². The van der Waals surface area contributed by atoms with Gasteiger partial charge >= 0.3 is 11.9 Å². The summed E-state index contributed by atoms with van der Waals surface area (Å²) in [6, 6.07) is 16.1. The molecule has 0 N–H and O–H groups in total. The Bertz CT molecular complexity index is 740. The van der Waals surface area contributed by atoms with Gasteiger partial charge in [0.1, 0.15) is 11.5 Å². The Morgan fingerprint density at radius 2 is 1.15 bits per heavy atom. The van der Waals surface area contributed by atoms with Gasteiger partial charge in [0.05, 0.1) is 0 Å². The molecule has 0 bridgehead atoms. The number of hydrogen-bond donors (Lipinski definition) is 0. The van der Waals surface area contributed by atoms with Crippen LogP contribution in [0.4, 0.5) is 0 Å². The summed E-state index contributed by atoms with van der Waals surface area (Å²) in [5.41, 5.74) is 1.80. The van der Waals surface area contributed by atoms with Gasteiger partial charge < -0.3 is 9.47 Å². The molecular formula is C22H22O4. The second-order valence-electron chi connectivity index (χ2n) is 5.43. The number of rotatable bonds is 5. The van der Waals surface area contributed by atoms with Gasteiger partial charge in [-0.2, -0.15) is 0 Å². The summed E-state index contributed by atoms with van der Waals surface area (Å²) in [5, 5.41) is 0. The maximum Gasteiger partial charge on any atom is 0.338 e. The number of ether oxygens (including phenoxy) is 2. The zero-order valence-corrected chi connectivity index (χ0v) is 15.0. The number of carbonyl (C=O) groups is 2. The highest BCUT2D eigenvalue weighted by Gasteiger charge is 2.07. The third-order valence-corrected chi connectivity index (χ3v) is 2.98. The van der Waals surface area contributed by atoms with Crippen LogP contribution >= 0.6 is 0 Å². The minimum absolute atomic E-state index is 0.313. The molecule has 4 heteroatoms. The molecule has 0 fully saturated rings. The van der Waals surface area contributed by atoms with E-state index in [4.69, 9.17) is 9.47 Å². The van der Waals surface area contributed by atoms with E-state index in [1.807, 2.05) is 36.4 Å². The summed E-state index contributed by atoms with van der Waals surface area (Å²) in [4.78, 5) is 22.5. The van der Waals surface area contributed by atoms with Gasteiger partial charge in [-0.3, -0.25) is 0 Å². The maximum atomic E-state index is 11.2. The first-order valence-corrected chi connectivity index (χ1v) is 7.86. The zero-order chi connectivity index (χ0) is 19.5. The van der Waals surface area contributed by atoms with Crippen LogP contribution in [0, 0.1) is 0 Å². The summed E-state index contributed by atoms with van der Waals surface area (Å²) < 4.78 is 9.97. The molecule has 0 aliphatic carbocycles. The van der Waals surface area contributed by atoms with Crippen LogP contribution in [0.25, 0.3) is 6.08 Å². The molecule has 0 radical (unpaired) electrons. The Kier molecular flexibility index (Phi) is 8.31. The minimum atomic E-state index is -0.498. The monoisotopic (exact) mass is 350 g/mol. The van der Waals surface area contributed by atoms with Crippen LogP contribution in [0.5, 0.6) is 11.5 Å². The van der Waals surface area contributed by atoms with Crippen molar-refractivity contribution in [2.24, 2.45) is 0 Å². The quantitative estimate of drug-likeness (QED) is 0.433. The van der Waals surface area contributed by atoms with Crippen LogP contribution in [0.15, 0.2) is 85.5 Å². The summed E-state index contributed by atoms with van der Waals surface area (Å²) in [6.45, 7) is 13.7. The molecule has 0 aliphatic rings. The normalized spacial score (nSPS) is 9.15. The molecule has 0 saturated carbocycles. The first kappa shape index (κ1) is 20.6. The highest BCUT2D eigenvalue weighted by molar-refractivity contribution is 5.89. The second-order valence-corrected chi connectivity index (χ2v) is 5.43. The Hall–Kier alpha value is -3.40. The van der Waals surface area contributed by atoms with Crippen LogP contribution in [-0.4, -0.2) is 11.9 Å². The third kappa shape index (κ3) is 7.45. The van der Waals surface area contributed by atoms with Crippen molar-refractivity contribution < 1.29 is 19.1 Å². The van der Waals surface area contributed by atoms with Gasteiger partial charge in [-0.15, -0.1) is 0 Å². The molecule has 0 amide bonds. The molecule has 4 nitrogen and oxygen atoms in total. The number of carbonyl (C=O) groups excluding carboxylic acids is 2.